The Labute approximate surface area is 260 Å². The van der Waals surface area contributed by atoms with Crippen LogP contribution < -0.4 is 26.0 Å². The number of benzene rings is 1. The summed E-state index contributed by atoms with van der Waals surface area (Å²) in [7, 11) is 3.09. The van der Waals surface area contributed by atoms with E-state index in [1.54, 1.807) is 19.2 Å². The molecule has 12 nitrogen and oxygen atoms in total. The Morgan fingerprint density at radius 1 is 0.932 bits per heavy atom. The van der Waals surface area contributed by atoms with Crippen LogP contribution >= 0.6 is 0 Å². The molecule has 1 aromatic heterocycles. The highest BCUT2D eigenvalue weighted by Crippen LogP contribution is 2.30. The molecule has 246 valence electrons. The van der Waals surface area contributed by atoms with Gasteiger partial charge in [-0.15, -0.1) is 0 Å². The Balaban J connectivity index is 1.44. The van der Waals surface area contributed by atoms with Crippen LogP contribution in [0.1, 0.15) is 51.4 Å². The van der Waals surface area contributed by atoms with Gasteiger partial charge in [0.25, 0.3) is 0 Å². The molecule has 0 radical (unpaired) electrons. The van der Waals surface area contributed by atoms with Gasteiger partial charge >= 0.3 is 0 Å². The van der Waals surface area contributed by atoms with Crippen molar-refractivity contribution >= 4 is 23.5 Å². The third kappa shape index (κ3) is 11.0. The molecule has 1 saturated carbocycles. The van der Waals surface area contributed by atoms with Crippen molar-refractivity contribution in [2.75, 3.05) is 89.5 Å². The van der Waals surface area contributed by atoms with E-state index in [1.165, 1.54) is 45.3 Å². The molecule has 2 fully saturated rings. The van der Waals surface area contributed by atoms with E-state index >= 15 is 0 Å². The van der Waals surface area contributed by atoms with E-state index in [-0.39, 0.29) is 29.7 Å². The van der Waals surface area contributed by atoms with Crippen LogP contribution in [-0.4, -0.2) is 101 Å². The number of methoxy groups -OCH3 is 2. The van der Waals surface area contributed by atoms with E-state index in [0.29, 0.717) is 63.8 Å². The van der Waals surface area contributed by atoms with Crippen molar-refractivity contribution in [3.8, 4) is 5.75 Å². The summed E-state index contributed by atoms with van der Waals surface area (Å²) < 4.78 is 41.5. The number of halogens is 1. The molecule has 4 N–H and O–H groups in total. The van der Waals surface area contributed by atoms with Gasteiger partial charge < -0.3 is 45.0 Å². The summed E-state index contributed by atoms with van der Waals surface area (Å²) in [5, 5.41) is 6.80. The molecular weight excluding hydrogens is 569 g/mol. The summed E-state index contributed by atoms with van der Waals surface area (Å²) >= 11 is 0. The van der Waals surface area contributed by atoms with E-state index in [0.717, 1.165) is 32.4 Å². The Morgan fingerprint density at radius 3 is 2.32 bits per heavy atom. The maximum Gasteiger partial charge on any atom is 0.233 e. The van der Waals surface area contributed by atoms with E-state index < -0.39 is 5.82 Å². The molecule has 2 aliphatic rings. The minimum atomic E-state index is -0.480. The molecule has 2 atom stereocenters. The topological polar surface area (TPSA) is 138 Å². The monoisotopic (exact) mass is 619 g/mol. The van der Waals surface area contributed by atoms with Crippen LogP contribution in [0.4, 0.5) is 27.9 Å². The van der Waals surface area contributed by atoms with Crippen molar-refractivity contribution in [2.24, 2.45) is 5.92 Å². The van der Waals surface area contributed by atoms with E-state index in [2.05, 4.69) is 25.5 Å². The first-order chi connectivity index (χ1) is 21.6. The van der Waals surface area contributed by atoms with Gasteiger partial charge in [0, 0.05) is 44.1 Å². The van der Waals surface area contributed by atoms with E-state index in [1.807, 2.05) is 0 Å². The summed E-state index contributed by atoms with van der Waals surface area (Å²) in [6.07, 6.45) is 9.10. The Kier molecular flexibility index (Phi) is 14.6. The number of nitrogens with zero attached hydrogens (tertiary/aromatic N) is 4. The number of ether oxygens (including phenoxy) is 5. The van der Waals surface area contributed by atoms with Gasteiger partial charge in [0.1, 0.15) is 0 Å². The standard InChI is InChI=1S/C31H50FN7O5/c1-40-15-16-43-19-20-44-18-17-42-14-12-27(26-9-6-13-34-26)39(22-23-7-4-3-5-8-23)31-37-29(33)36-30(38-31)35-24-10-11-28(41-2)25(32)21-24/h10-11,21,23,26-27,34H,3-9,12-20,22H2,1-2H3,(H3,33,35,36,37,38). The number of nitrogens with one attached hydrogen (secondary N) is 2. The minimum Gasteiger partial charge on any atom is -0.494 e. The minimum absolute atomic E-state index is 0.0996. The normalized spacial score (nSPS) is 17.9. The van der Waals surface area contributed by atoms with Crippen LogP contribution in [0.5, 0.6) is 5.75 Å². The highest BCUT2D eigenvalue weighted by atomic mass is 19.1. The largest absolute Gasteiger partial charge is 0.494 e. The number of anilines is 4. The summed E-state index contributed by atoms with van der Waals surface area (Å²) in [4.78, 5) is 16.1. The van der Waals surface area contributed by atoms with Gasteiger partial charge in [-0.1, -0.05) is 19.3 Å². The molecule has 2 aromatic rings. The lowest BCUT2D eigenvalue weighted by Gasteiger charge is -2.39. The number of nitrogen functional groups attached to an aromatic ring is 1. The zero-order valence-corrected chi connectivity index (χ0v) is 26.3. The second-order valence-corrected chi connectivity index (χ2v) is 11.3. The maximum absolute atomic E-state index is 14.4. The van der Waals surface area contributed by atoms with Gasteiger partial charge in [-0.05, 0) is 56.7 Å². The molecule has 1 aliphatic heterocycles. The van der Waals surface area contributed by atoms with Crippen LogP contribution in [0.3, 0.4) is 0 Å². The molecule has 44 heavy (non-hydrogen) atoms. The average Bonchev–Trinajstić information content (AvgIpc) is 3.56. The van der Waals surface area contributed by atoms with E-state index in [4.69, 9.17) is 34.4 Å². The lowest BCUT2D eigenvalue weighted by Crippen LogP contribution is -2.51. The van der Waals surface area contributed by atoms with Crippen LogP contribution in [0.15, 0.2) is 18.2 Å². The summed E-state index contributed by atoms with van der Waals surface area (Å²) in [6.45, 7) is 5.61. The second kappa shape index (κ2) is 18.8. The van der Waals surface area contributed by atoms with Gasteiger partial charge in [0.2, 0.25) is 17.8 Å². The lowest BCUT2D eigenvalue weighted by molar-refractivity contribution is 0.00260. The third-order valence-electron chi connectivity index (χ3n) is 8.18. The summed E-state index contributed by atoms with van der Waals surface area (Å²) in [5.41, 5.74) is 6.73. The molecule has 0 bridgehead atoms. The first kappa shape index (κ1) is 34.0. The fraction of sp³-hybridized carbons (Fsp3) is 0.710. The van der Waals surface area contributed by atoms with Crippen molar-refractivity contribution in [1.82, 2.24) is 20.3 Å². The number of nitrogens with two attached hydrogens (primary N) is 1. The van der Waals surface area contributed by atoms with Crippen LogP contribution in [0.2, 0.25) is 0 Å². The number of aromatic nitrogens is 3. The average molecular weight is 620 g/mol. The first-order valence-electron chi connectivity index (χ1n) is 15.9. The van der Waals surface area contributed by atoms with Crippen molar-refractivity contribution in [2.45, 2.75) is 63.5 Å². The van der Waals surface area contributed by atoms with Crippen LogP contribution in [-0.2, 0) is 18.9 Å². The molecule has 4 rings (SSSR count). The van der Waals surface area contributed by atoms with Crippen molar-refractivity contribution < 1.29 is 28.1 Å². The molecule has 0 spiro atoms. The Hall–Kier alpha value is -2.84. The highest BCUT2D eigenvalue weighted by molar-refractivity contribution is 5.57. The summed E-state index contributed by atoms with van der Waals surface area (Å²) in [6, 6.07) is 4.99. The molecule has 2 heterocycles. The van der Waals surface area contributed by atoms with Gasteiger partial charge in [0.05, 0.1) is 46.8 Å². The van der Waals surface area contributed by atoms with Gasteiger partial charge in [-0.3, -0.25) is 0 Å². The highest BCUT2D eigenvalue weighted by Gasteiger charge is 2.33. The van der Waals surface area contributed by atoms with Crippen molar-refractivity contribution in [3.05, 3.63) is 24.0 Å². The Morgan fingerprint density at radius 2 is 1.66 bits per heavy atom. The molecular formula is C31H50FN7O5. The number of hydrogen-bond donors (Lipinski definition) is 3. The zero-order chi connectivity index (χ0) is 31.0. The lowest BCUT2D eigenvalue weighted by atomic mass is 9.88. The zero-order valence-electron chi connectivity index (χ0n) is 26.3. The van der Waals surface area contributed by atoms with Gasteiger partial charge in [-0.2, -0.15) is 15.0 Å². The number of rotatable bonds is 20. The molecule has 1 aromatic carbocycles. The SMILES string of the molecule is COCCOCCOCCOCCC(C1CCCN1)N(CC1CCCCC1)c1nc(N)nc(Nc2ccc(OC)c(F)c2)n1. The predicted molar refractivity (Wildman–Crippen MR) is 168 cm³/mol. The summed E-state index contributed by atoms with van der Waals surface area (Å²) in [5.74, 6) is 1.12. The maximum atomic E-state index is 14.4. The van der Waals surface area contributed by atoms with Crippen LogP contribution in [0, 0.1) is 11.7 Å². The smallest absolute Gasteiger partial charge is 0.233 e. The fourth-order valence-corrected chi connectivity index (χ4v) is 5.95. The fourth-order valence-electron chi connectivity index (χ4n) is 5.95. The molecule has 1 saturated heterocycles. The number of hydrogen-bond acceptors (Lipinski definition) is 12. The molecule has 13 heteroatoms. The van der Waals surface area contributed by atoms with Crippen molar-refractivity contribution in [1.29, 1.82) is 0 Å². The van der Waals surface area contributed by atoms with E-state index in [9.17, 15) is 4.39 Å². The quantitative estimate of drug-likeness (QED) is 0.185. The molecule has 1 aliphatic carbocycles. The second-order valence-electron chi connectivity index (χ2n) is 11.3. The molecule has 0 amide bonds. The Bertz CT molecular complexity index is 1110. The van der Waals surface area contributed by atoms with Crippen molar-refractivity contribution in [3.63, 3.8) is 0 Å². The van der Waals surface area contributed by atoms with Crippen LogP contribution in [0.25, 0.3) is 0 Å². The van der Waals surface area contributed by atoms with Gasteiger partial charge in [-0.25, -0.2) is 4.39 Å². The third-order valence-corrected chi connectivity index (χ3v) is 8.18. The predicted octanol–water partition coefficient (Wildman–Crippen LogP) is 3.94. The molecule has 2 unspecified atom stereocenters. The van der Waals surface area contributed by atoms with Gasteiger partial charge in [0.15, 0.2) is 11.6 Å². The first-order valence-corrected chi connectivity index (χ1v) is 15.9.